The maximum Gasteiger partial charge on any atom is 0.344 e. The lowest BCUT2D eigenvalue weighted by Crippen LogP contribution is -2.23. The topological polar surface area (TPSA) is 73.6 Å². The van der Waals surface area contributed by atoms with Gasteiger partial charge in [0, 0.05) is 19.0 Å². The molecule has 8 heteroatoms. The fourth-order valence-corrected chi connectivity index (χ4v) is 3.01. The van der Waals surface area contributed by atoms with Crippen molar-refractivity contribution in [2.45, 2.75) is 31.8 Å². The average molecular weight is 397 g/mol. The van der Waals surface area contributed by atoms with Crippen molar-refractivity contribution in [1.29, 1.82) is 0 Å². The molecule has 0 amide bonds. The number of benzene rings is 1. The zero-order chi connectivity index (χ0) is 19.0. The molecule has 1 aromatic carbocycles. The van der Waals surface area contributed by atoms with Gasteiger partial charge < -0.3 is 14.6 Å². The summed E-state index contributed by atoms with van der Waals surface area (Å²) in [5.41, 5.74) is 1.78. The first-order chi connectivity index (χ1) is 12.3. The third-order valence-electron chi connectivity index (χ3n) is 4.07. The molecule has 2 aromatic rings. The van der Waals surface area contributed by atoms with Crippen LogP contribution in [0.2, 0.25) is 10.0 Å². The van der Waals surface area contributed by atoms with E-state index in [1.807, 2.05) is 0 Å². The van der Waals surface area contributed by atoms with Gasteiger partial charge >= 0.3 is 5.97 Å². The molecule has 1 aliphatic carbocycles. The van der Waals surface area contributed by atoms with Gasteiger partial charge in [0.05, 0.1) is 21.3 Å². The van der Waals surface area contributed by atoms with Crippen LogP contribution < -0.4 is 9.47 Å². The minimum atomic E-state index is -1.10. The van der Waals surface area contributed by atoms with E-state index in [9.17, 15) is 4.79 Å². The van der Waals surface area contributed by atoms with E-state index in [4.69, 9.17) is 37.8 Å². The largest absolute Gasteiger partial charge is 0.479 e. The Hall–Kier alpha value is -2.18. The summed E-state index contributed by atoms with van der Waals surface area (Å²) in [7, 11) is 1.78. The summed E-state index contributed by atoms with van der Waals surface area (Å²) in [6.07, 6.45) is 2.85. The van der Waals surface area contributed by atoms with E-state index in [0.717, 1.165) is 24.1 Å². The van der Waals surface area contributed by atoms with Crippen LogP contribution in [0.5, 0.6) is 17.4 Å². The van der Waals surface area contributed by atoms with Gasteiger partial charge in [0.15, 0.2) is 11.9 Å². The molecule has 0 unspecified atom stereocenters. The molecule has 0 bridgehead atoms. The maximum atomic E-state index is 11.0. The van der Waals surface area contributed by atoms with Crippen LogP contribution in [-0.2, 0) is 11.8 Å². The summed E-state index contributed by atoms with van der Waals surface area (Å²) in [6.45, 7) is 5.26. The highest BCUT2D eigenvalue weighted by molar-refractivity contribution is 6.36. The van der Waals surface area contributed by atoms with E-state index in [1.165, 1.54) is 19.1 Å². The Morgan fingerprint density at radius 1 is 1.38 bits per heavy atom. The first-order valence-corrected chi connectivity index (χ1v) is 8.83. The van der Waals surface area contributed by atoms with Crippen LogP contribution in [-0.4, -0.2) is 27.0 Å². The number of aromatic nitrogens is 2. The number of carbonyl (C=O) groups is 1. The summed E-state index contributed by atoms with van der Waals surface area (Å²) < 4.78 is 13.0. The number of nitrogens with zero attached hydrogens (tertiary/aromatic N) is 2. The first-order valence-electron chi connectivity index (χ1n) is 8.07. The highest BCUT2D eigenvalue weighted by Gasteiger charge is 2.31. The third-order valence-corrected chi connectivity index (χ3v) is 4.66. The molecule has 26 heavy (non-hydrogen) atoms. The van der Waals surface area contributed by atoms with Crippen LogP contribution in [0.1, 0.15) is 36.9 Å². The van der Waals surface area contributed by atoms with Crippen molar-refractivity contribution in [1.82, 2.24) is 9.78 Å². The Kier molecular flexibility index (Phi) is 5.16. The molecule has 1 saturated carbocycles. The van der Waals surface area contributed by atoms with Crippen molar-refractivity contribution < 1.29 is 19.4 Å². The first kappa shape index (κ1) is 18.6. The van der Waals surface area contributed by atoms with Crippen molar-refractivity contribution in [3.05, 3.63) is 40.0 Å². The van der Waals surface area contributed by atoms with Crippen LogP contribution in [0.4, 0.5) is 0 Å². The molecule has 1 fully saturated rings. The Bertz CT molecular complexity index is 875. The van der Waals surface area contributed by atoms with Crippen molar-refractivity contribution >= 4 is 35.2 Å². The Balaban J connectivity index is 1.95. The van der Waals surface area contributed by atoms with E-state index < -0.39 is 12.1 Å². The third kappa shape index (κ3) is 3.66. The van der Waals surface area contributed by atoms with E-state index in [-0.39, 0.29) is 21.5 Å². The molecule has 138 valence electrons. The van der Waals surface area contributed by atoms with Crippen molar-refractivity contribution in [3.63, 3.8) is 0 Å². The molecule has 1 aliphatic rings. The smallest absolute Gasteiger partial charge is 0.344 e. The van der Waals surface area contributed by atoms with Gasteiger partial charge in [0.2, 0.25) is 5.88 Å². The summed E-state index contributed by atoms with van der Waals surface area (Å²) in [6, 6.07) is 2.93. The SMILES string of the molecule is C=Cc1c(C2CC2)nn(C)c1Oc1cc(O[C@@H](C)C(=O)O)c(Cl)cc1Cl. The van der Waals surface area contributed by atoms with Gasteiger partial charge in [-0.3, -0.25) is 0 Å². The lowest BCUT2D eigenvalue weighted by molar-refractivity contribution is -0.144. The molecule has 0 spiro atoms. The fourth-order valence-electron chi connectivity index (χ4n) is 2.54. The number of aliphatic carboxylic acids is 1. The number of carboxylic acids is 1. The van der Waals surface area contributed by atoms with Crippen LogP contribution in [0.25, 0.3) is 6.08 Å². The predicted molar refractivity (Wildman–Crippen MR) is 99.5 cm³/mol. The molecule has 1 atom stereocenters. The quantitative estimate of drug-likeness (QED) is 0.720. The second kappa shape index (κ2) is 7.21. The lowest BCUT2D eigenvalue weighted by atomic mass is 10.2. The highest BCUT2D eigenvalue weighted by Crippen LogP contribution is 2.45. The summed E-state index contributed by atoms with van der Waals surface area (Å²) in [5, 5.41) is 14.0. The lowest BCUT2D eigenvalue weighted by Gasteiger charge is -2.15. The standard InChI is InChI=1S/C18H18Cl2N2O4/c1-4-11-16(10-5-6-10)21-22(3)17(11)26-15-8-14(12(19)7-13(15)20)25-9(2)18(23)24/h4,7-10H,1,5-6H2,2-3H3,(H,23,24)/t9-/m0/s1. The summed E-state index contributed by atoms with van der Waals surface area (Å²) in [4.78, 5) is 11.0. The molecule has 1 N–H and O–H groups in total. The molecular weight excluding hydrogens is 379 g/mol. The second-order valence-electron chi connectivity index (χ2n) is 6.12. The van der Waals surface area contributed by atoms with E-state index in [0.29, 0.717) is 11.8 Å². The molecular formula is C18H18Cl2N2O4. The van der Waals surface area contributed by atoms with Gasteiger partial charge in [0.25, 0.3) is 0 Å². The number of carboxylic acid groups (broad SMARTS) is 1. The predicted octanol–water partition coefficient (Wildman–Crippen LogP) is 4.89. The molecule has 1 heterocycles. The maximum absolute atomic E-state index is 11.0. The number of hydrogen-bond donors (Lipinski definition) is 1. The number of ether oxygens (including phenoxy) is 2. The van der Waals surface area contributed by atoms with E-state index >= 15 is 0 Å². The molecule has 0 radical (unpaired) electrons. The van der Waals surface area contributed by atoms with Crippen LogP contribution >= 0.6 is 23.2 Å². The van der Waals surface area contributed by atoms with Crippen molar-refractivity contribution in [2.75, 3.05) is 0 Å². The Labute approximate surface area is 160 Å². The molecule has 1 aromatic heterocycles. The Morgan fingerprint density at radius 2 is 2.04 bits per heavy atom. The number of aryl methyl sites for hydroxylation is 1. The molecule has 0 aliphatic heterocycles. The minimum Gasteiger partial charge on any atom is -0.479 e. The van der Waals surface area contributed by atoms with Gasteiger partial charge in [-0.15, -0.1) is 0 Å². The molecule has 3 rings (SSSR count). The molecule has 6 nitrogen and oxygen atoms in total. The number of halogens is 2. The zero-order valence-corrected chi connectivity index (χ0v) is 15.8. The minimum absolute atomic E-state index is 0.172. The normalized spacial score (nSPS) is 14.8. The average Bonchev–Trinajstić information content (AvgIpc) is 3.37. The Morgan fingerprint density at radius 3 is 2.62 bits per heavy atom. The number of rotatable bonds is 7. The van der Waals surface area contributed by atoms with Crippen molar-refractivity contribution in [2.24, 2.45) is 7.05 Å². The van der Waals surface area contributed by atoms with Crippen molar-refractivity contribution in [3.8, 4) is 17.4 Å². The summed E-state index contributed by atoms with van der Waals surface area (Å²) >= 11 is 12.3. The summed E-state index contributed by atoms with van der Waals surface area (Å²) in [5.74, 6) is 0.293. The monoisotopic (exact) mass is 396 g/mol. The fraction of sp³-hybridized carbons (Fsp3) is 0.333. The van der Waals surface area contributed by atoms with Gasteiger partial charge in [-0.1, -0.05) is 35.9 Å². The van der Waals surface area contributed by atoms with Gasteiger partial charge in [-0.2, -0.15) is 5.10 Å². The highest BCUT2D eigenvalue weighted by atomic mass is 35.5. The zero-order valence-electron chi connectivity index (χ0n) is 14.3. The van der Waals surface area contributed by atoms with Crippen LogP contribution in [0.15, 0.2) is 18.7 Å². The van der Waals surface area contributed by atoms with Gasteiger partial charge in [-0.25, -0.2) is 9.48 Å². The molecule has 0 saturated heterocycles. The van der Waals surface area contributed by atoms with E-state index in [1.54, 1.807) is 17.8 Å². The second-order valence-corrected chi connectivity index (χ2v) is 6.93. The number of hydrogen-bond acceptors (Lipinski definition) is 4. The van der Waals surface area contributed by atoms with E-state index in [2.05, 4.69) is 11.7 Å². The van der Waals surface area contributed by atoms with Gasteiger partial charge in [0.1, 0.15) is 5.75 Å². The van der Waals surface area contributed by atoms with Crippen LogP contribution in [0.3, 0.4) is 0 Å². The van der Waals surface area contributed by atoms with Gasteiger partial charge in [-0.05, 0) is 25.8 Å². The van der Waals surface area contributed by atoms with Crippen LogP contribution in [0, 0.1) is 0 Å².